The SMILES string of the molecule is NC[C@H]1CN(c2ccc(C3CCN(C(=O)COCc4ccccc4)CC3)c(F)c2)C(=O)O1.O=C(COCc1ccccc1)N1CCC(c2ccc(N3C[C@H](CN=Cc4ccccc4)OC3=O)cc2F)CC1. The molecule has 0 bridgehead atoms. The summed E-state index contributed by atoms with van der Waals surface area (Å²) < 4.78 is 51.8. The Balaban J connectivity index is 0.000000194. The molecule has 0 spiro atoms. The Morgan fingerprint density at radius 1 is 0.606 bits per heavy atom. The van der Waals surface area contributed by atoms with E-state index >= 15 is 4.39 Å². The molecule has 0 radical (unpaired) electrons. The molecule has 372 valence electrons. The van der Waals surface area contributed by atoms with Gasteiger partial charge >= 0.3 is 12.2 Å². The number of amides is 4. The van der Waals surface area contributed by atoms with Crippen molar-refractivity contribution in [2.24, 2.45) is 10.7 Å². The zero-order valence-electron chi connectivity index (χ0n) is 39.7. The van der Waals surface area contributed by atoms with Crippen molar-refractivity contribution in [1.82, 2.24) is 9.80 Å². The highest BCUT2D eigenvalue weighted by Crippen LogP contribution is 2.35. The van der Waals surface area contributed by atoms with Gasteiger partial charge in [-0.05, 0) is 89.6 Å². The van der Waals surface area contributed by atoms with Gasteiger partial charge in [-0.1, -0.05) is 103 Å². The number of anilines is 2. The first-order chi connectivity index (χ1) is 34.6. The monoisotopic (exact) mass is 970 g/mol. The molecule has 4 saturated heterocycles. The van der Waals surface area contributed by atoms with Gasteiger partial charge in [-0.25, -0.2) is 18.4 Å². The number of benzene rings is 5. The van der Waals surface area contributed by atoms with E-state index in [9.17, 15) is 23.6 Å². The number of hydrogen-bond acceptors (Lipinski definition) is 10. The van der Waals surface area contributed by atoms with Crippen molar-refractivity contribution in [3.8, 4) is 0 Å². The Hall–Kier alpha value is -7.01. The molecule has 71 heavy (non-hydrogen) atoms. The number of halogens is 2. The summed E-state index contributed by atoms with van der Waals surface area (Å²) in [7, 11) is 0. The number of carbonyl (C=O) groups excluding carboxylic acids is 4. The largest absolute Gasteiger partial charge is 0.443 e. The second-order valence-electron chi connectivity index (χ2n) is 18.1. The standard InChI is InChI=1S/C31H32FN3O4.C24H28FN3O4/c32-29-17-26(35-20-27(39-31(35)37)19-33-18-23-7-3-1-4-8-23)11-12-28(29)25-13-15-34(16-14-25)30(36)22-38-21-24-9-5-2-6-10-24;25-22-12-19(28-14-20(13-26)32-24(28)30)6-7-21(22)18-8-10-27(11-9-18)23(29)16-31-15-17-4-2-1-3-5-17/h1-12,17-18,25,27H,13-16,19-22H2;1-7,12,18,20H,8-11,13-16,26H2/t27-;20-/m00/s1. The molecular formula is C55H60F2N6O8. The van der Waals surface area contributed by atoms with Crippen LogP contribution in [-0.2, 0) is 41.8 Å². The van der Waals surface area contributed by atoms with E-state index in [-0.39, 0.29) is 61.1 Å². The van der Waals surface area contributed by atoms with Crippen LogP contribution in [0.5, 0.6) is 0 Å². The lowest BCUT2D eigenvalue weighted by atomic mass is 9.89. The average Bonchev–Trinajstić information content (AvgIpc) is 3.98. The van der Waals surface area contributed by atoms with E-state index in [0.717, 1.165) is 16.7 Å². The number of carbonyl (C=O) groups is 4. The summed E-state index contributed by atoms with van der Waals surface area (Å²) in [6, 6.07) is 38.9. The second kappa shape index (κ2) is 24.7. The first-order valence-electron chi connectivity index (χ1n) is 24.2. The summed E-state index contributed by atoms with van der Waals surface area (Å²) in [5.74, 6) is -0.739. The van der Waals surface area contributed by atoms with Gasteiger partial charge in [0, 0.05) is 38.9 Å². The van der Waals surface area contributed by atoms with Crippen LogP contribution in [0.1, 0.15) is 65.3 Å². The van der Waals surface area contributed by atoms with Gasteiger partial charge < -0.3 is 34.5 Å². The van der Waals surface area contributed by atoms with Gasteiger partial charge in [-0.15, -0.1) is 0 Å². The summed E-state index contributed by atoms with van der Waals surface area (Å²) in [6.45, 7) is 4.33. The van der Waals surface area contributed by atoms with Gasteiger partial charge in [0.2, 0.25) is 11.8 Å². The summed E-state index contributed by atoms with van der Waals surface area (Å²) in [4.78, 5) is 60.2. The Bertz CT molecular complexity index is 2590. The zero-order chi connectivity index (χ0) is 49.5. The molecule has 4 aliphatic rings. The van der Waals surface area contributed by atoms with E-state index in [2.05, 4.69) is 4.99 Å². The van der Waals surface area contributed by atoms with Gasteiger partial charge in [0.15, 0.2) is 0 Å². The highest BCUT2D eigenvalue weighted by atomic mass is 19.1. The molecule has 5 aromatic carbocycles. The summed E-state index contributed by atoms with van der Waals surface area (Å²) in [5.41, 5.74) is 10.8. The fourth-order valence-electron chi connectivity index (χ4n) is 9.25. The van der Waals surface area contributed by atoms with Crippen molar-refractivity contribution in [2.75, 3.05) is 75.4 Å². The van der Waals surface area contributed by atoms with Crippen LogP contribution in [0.25, 0.3) is 0 Å². The molecule has 0 aliphatic carbocycles. The number of ether oxygens (including phenoxy) is 4. The number of likely N-dealkylation sites (tertiary alicyclic amines) is 2. The van der Waals surface area contributed by atoms with E-state index in [4.69, 9.17) is 24.7 Å². The van der Waals surface area contributed by atoms with Crippen LogP contribution in [-0.4, -0.2) is 118 Å². The van der Waals surface area contributed by atoms with E-state index < -0.39 is 18.3 Å². The molecule has 0 saturated carbocycles. The Kier molecular flexibility index (Phi) is 17.5. The normalized spacial score (nSPS) is 18.6. The first-order valence-corrected chi connectivity index (χ1v) is 24.2. The molecule has 16 heteroatoms. The van der Waals surface area contributed by atoms with Crippen LogP contribution >= 0.6 is 0 Å². The fraction of sp³-hybridized carbons (Fsp3) is 0.364. The van der Waals surface area contributed by atoms with Gasteiger partial charge in [0.1, 0.15) is 37.1 Å². The Morgan fingerprint density at radius 2 is 1.03 bits per heavy atom. The van der Waals surface area contributed by atoms with Crippen LogP contribution in [0.2, 0.25) is 0 Å². The third kappa shape index (κ3) is 13.7. The molecule has 0 unspecified atom stereocenters. The number of cyclic esters (lactones) is 2. The highest BCUT2D eigenvalue weighted by Gasteiger charge is 2.35. The predicted octanol–water partition coefficient (Wildman–Crippen LogP) is 8.23. The third-order valence-corrected chi connectivity index (χ3v) is 13.2. The molecule has 4 amide bonds. The Morgan fingerprint density at radius 3 is 1.45 bits per heavy atom. The molecule has 2 N–H and O–H groups in total. The summed E-state index contributed by atoms with van der Waals surface area (Å²) in [6.07, 6.45) is 2.70. The van der Waals surface area contributed by atoms with Gasteiger partial charge in [0.25, 0.3) is 0 Å². The second-order valence-corrected chi connectivity index (χ2v) is 18.1. The van der Waals surface area contributed by atoms with E-state index in [1.54, 1.807) is 40.3 Å². The van der Waals surface area contributed by atoms with Crippen LogP contribution in [0, 0.1) is 11.6 Å². The molecule has 2 atom stereocenters. The lowest BCUT2D eigenvalue weighted by Gasteiger charge is -2.32. The summed E-state index contributed by atoms with van der Waals surface area (Å²) >= 11 is 0. The number of hydrogen-bond donors (Lipinski definition) is 1. The van der Waals surface area contributed by atoms with Crippen molar-refractivity contribution in [2.45, 2.75) is 62.9 Å². The first kappa shape index (κ1) is 50.4. The van der Waals surface area contributed by atoms with E-state index in [0.29, 0.717) is 107 Å². The molecule has 4 aliphatic heterocycles. The molecule has 14 nitrogen and oxygen atoms in total. The molecule has 5 aromatic rings. The van der Waals surface area contributed by atoms with E-state index in [1.165, 1.54) is 21.9 Å². The quantitative estimate of drug-likeness (QED) is 0.0963. The minimum atomic E-state index is -0.506. The van der Waals surface area contributed by atoms with Crippen LogP contribution in [0.3, 0.4) is 0 Å². The van der Waals surface area contributed by atoms with Crippen LogP contribution in [0.15, 0.2) is 132 Å². The third-order valence-electron chi connectivity index (χ3n) is 13.2. The maximum Gasteiger partial charge on any atom is 0.414 e. The Labute approximate surface area is 412 Å². The smallest absolute Gasteiger partial charge is 0.414 e. The van der Waals surface area contributed by atoms with Crippen molar-refractivity contribution < 1.29 is 46.9 Å². The fourth-order valence-corrected chi connectivity index (χ4v) is 9.25. The number of aliphatic imine (C=N–C) groups is 1. The van der Waals surface area contributed by atoms with Crippen molar-refractivity contribution in [3.05, 3.63) is 167 Å². The minimum absolute atomic E-state index is 0.0129. The summed E-state index contributed by atoms with van der Waals surface area (Å²) in [5, 5.41) is 0. The maximum absolute atomic E-state index is 15.2. The lowest BCUT2D eigenvalue weighted by molar-refractivity contribution is -0.138. The molecular weight excluding hydrogens is 911 g/mol. The molecule has 4 fully saturated rings. The van der Waals surface area contributed by atoms with Crippen LogP contribution < -0.4 is 15.5 Å². The zero-order valence-corrected chi connectivity index (χ0v) is 39.7. The van der Waals surface area contributed by atoms with Crippen molar-refractivity contribution in [1.29, 1.82) is 0 Å². The lowest BCUT2D eigenvalue weighted by Crippen LogP contribution is -2.40. The van der Waals surface area contributed by atoms with Crippen LogP contribution in [0.4, 0.5) is 29.7 Å². The average molecular weight is 971 g/mol. The van der Waals surface area contributed by atoms with Crippen molar-refractivity contribution >= 4 is 41.6 Å². The molecule has 4 heterocycles. The molecule has 9 rings (SSSR count). The minimum Gasteiger partial charge on any atom is -0.443 e. The predicted molar refractivity (Wildman–Crippen MR) is 265 cm³/mol. The highest BCUT2D eigenvalue weighted by molar-refractivity contribution is 5.90. The number of nitrogens with two attached hydrogens (primary N) is 1. The number of nitrogens with zero attached hydrogens (tertiary/aromatic N) is 5. The van der Waals surface area contributed by atoms with E-state index in [1.807, 2.05) is 91.0 Å². The van der Waals surface area contributed by atoms with Crippen molar-refractivity contribution in [3.63, 3.8) is 0 Å². The number of rotatable bonds is 16. The van der Waals surface area contributed by atoms with Gasteiger partial charge in [-0.2, -0.15) is 0 Å². The molecule has 0 aromatic heterocycles. The van der Waals surface area contributed by atoms with Gasteiger partial charge in [0.05, 0.1) is 44.2 Å². The van der Waals surface area contributed by atoms with Gasteiger partial charge in [-0.3, -0.25) is 24.4 Å². The number of piperidine rings is 2. The topological polar surface area (TPSA) is 157 Å². The maximum atomic E-state index is 15.2.